The number of rotatable bonds is 6. The van der Waals surface area contributed by atoms with Crippen molar-refractivity contribution in [3.8, 4) is 0 Å². The Balaban J connectivity index is 0.000000300. The monoisotopic (exact) mass is 880 g/mol. The number of halogens is 3. The third-order valence-electron chi connectivity index (χ3n) is 8.50. The number of aromatic nitrogens is 4. The Morgan fingerprint density at radius 3 is 1.51 bits per heavy atom. The Morgan fingerprint density at radius 2 is 1.05 bits per heavy atom. The average Bonchev–Trinajstić information content (AvgIpc) is 3.23. The summed E-state index contributed by atoms with van der Waals surface area (Å²) in [6, 6.07) is 35.4. The molecule has 2 saturated heterocycles. The number of fused-ring (bicyclic) bond motifs is 2. The molecular formula is C39H37Cl3K2N8O5. The molecule has 8 rings (SSSR count). The molecule has 2 fully saturated rings. The van der Waals surface area contributed by atoms with Crippen LogP contribution in [0.25, 0.3) is 21.5 Å². The minimum Gasteiger partial charge on any atom is -1.00 e. The van der Waals surface area contributed by atoms with Crippen LogP contribution in [-0.2, 0) is 32.4 Å². The van der Waals surface area contributed by atoms with Gasteiger partial charge in [-0.1, -0.05) is 144 Å². The fourth-order valence-electron chi connectivity index (χ4n) is 5.81. The van der Waals surface area contributed by atoms with Crippen LogP contribution >= 0.6 is 34.8 Å². The van der Waals surface area contributed by atoms with Crippen LogP contribution in [-0.4, -0.2) is 87.7 Å². The molecule has 286 valence electrons. The summed E-state index contributed by atoms with van der Waals surface area (Å²) >= 11 is 17.7. The van der Waals surface area contributed by atoms with Crippen LogP contribution in [0.1, 0.15) is 12.6 Å². The molecule has 57 heavy (non-hydrogen) atoms. The first-order chi connectivity index (χ1) is 26.8. The van der Waals surface area contributed by atoms with Crippen LogP contribution in [0.15, 0.2) is 109 Å². The largest absolute Gasteiger partial charge is 1.00 e. The van der Waals surface area contributed by atoms with Gasteiger partial charge in [-0.2, -0.15) is 0 Å². The van der Waals surface area contributed by atoms with Crippen molar-refractivity contribution in [1.29, 1.82) is 0 Å². The van der Waals surface area contributed by atoms with Crippen LogP contribution in [0.5, 0.6) is 0 Å². The van der Waals surface area contributed by atoms with Gasteiger partial charge in [-0.05, 0) is 11.1 Å². The Labute approximate surface area is 431 Å². The number of nitrogens with zero attached hydrogens (tertiary/aromatic N) is 7. The number of anilines is 1. The maximum Gasteiger partial charge on any atom is 1.00 e. The maximum atomic E-state index is 12.6. The molecule has 1 N–H and O–H groups in total. The smallest absolute Gasteiger partial charge is 1.00 e. The normalized spacial score (nSPS) is 13.4. The van der Waals surface area contributed by atoms with E-state index in [1.807, 2.05) is 112 Å². The van der Waals surface area contributed by atoms with Crippen LogP contribution in [0, 0.1) is 0 Å². The Bertz CT molecular complexity index is 2170. The number of nitrogens with one attached hydrogen (secondary N) is 1. The number of benzene rings is 4. The fraction of sp³-hybridized carbons (Fsp3) is 0.205. The summed E-state index contributed by atoms with van der Waals surface area (Å²) in [5, 5.41) is 31.8. The zero-order valence-corrected chi connectivity index (χ0v) is 39.9. The number of carbonyl (C=O) groups excluding carboxylic acids is 3. The zero-order chi connectivity index (χ0) is 39.0. The van der Waals surface area contributed by atoms with Gasteiger partial charge in [0.05, 0.1) is 13.1 Å². The van der Waals surface area contributed by atoms with E-state index in [0.29, 0.717) is 47.5 Å². The van der Waals surface area contributed by atoms with E-state index in [0.717, 1.165) is 53.3 Å². The minimum atomic E-state index is -0.181. The Morgan fingerprint density at radius 1 is 0.632 bits per heavy atom. The van der Waals surface area contributed by atoms with E-state index >= 15 is 0 Å². The SMILES string of the molecule is Clc1nnc(Cl)c2ccccc12.O=C1CN(c2nnc(Cl)c3ccccc23)CCN1Cc1ccccc1.O=C1CNCCN1Cc1ccccc1.O=CO[O-].[H-].[K+].[K+]. The molecule has 0 radical (unpaired) electrons. The summed E-state index contributed by atoms with van der Waals surface area (Å²) in [6.07, 6.45) is 0. The summed E-state index contributed by atoms with van der Waals surface area (Å²) in [5.41, 5.74) is 2.34. The fourth-order valence-corrected chi connectivity index (χ4v) is 6.41. The summed E-state index contributed by atoms with van der Waals surface area (Å²) in [7, 11) is 0. The summed E-state index contributed by atoms with van der Waals surface area (Å²) in [4.78, 5) is 41.1. The molecule has 0 spiro atoms. The van der Waals surface area contributed by atoms with Crippen molar-refractivity contribution in [2.24, 2.45) is 0 Å². The second-order valence-electron chi connectivity index (χ2n) is 12.1. The van der Waals surface area contributed by atoms with E-state index in [9.17, 15) is 9.59 Å². The Kier molecular flexibility index (Phi) is 22.6. The quantitative estimate of drug-likeness (QED) is 0.0972. The molecule has 4 heterocycles. The van der Waals surface area contributed by atoms with E-state index in [4.69, 9.17) is 44.9 Å². The molecule has 6 aromatic rings. The number of hydrogen-bond acceptors (Lipinski definition) is 11. The van der Waals surface area contributed by atoms with E-state index < -0.39 is 0 Å². The maximum absolute atomic E-state index is 12.6. The molecule has 0 saturated carbocycles. The number of carbonyl (C=O) groups is 3. The first kappa shape index (κ1) is 49.2. The second-order valence-corrected chi connectivity index (χ2v) is 13.2. The van der Waals surface area contributed by atoms with Crippen molar-refractivity contribution >= 4 is 80.5 Å². The average molecular weight is 882 g/mol. The van der Waals surface area contributed by atoms with Gasteiger partial charge in [0.15, 0.2) is 21.3 Å². The standard InChI is InChI=1S/C19H17ClN4O.C11H14N2O.C8H4Cl2N2.CH2O3.2K.H/c20-18-15-8-4-5-9-16(15)19(22-21-18)24-11-10-23(17(25)13-24)12-14-6-2-1-3-7-14;14-11-8-12-6-7-13(11)9-10-4-2-1-3-5-10;9-7-5-3-1-2-4-6(5)8(10)12-11-7;2-1-4-3;;;/h1-9H,10-13H2;1-5,12H,6-9H2;1-4H;1,3H;;;/q;;;;2*+1;-1/p-1. The number of amides is 2. The molecule has 2 aliphatic heterocycles. The van der Waals surface area contributed by atoms with E-state index in [2.05, 4.69) is 42.7 Å². The summed E-state index contributed by atoms with van der Waals surface area (Å²) in [6.45, 7) is 5.07. The van der Waals surface area contributed by atoms with Crippen LogP contribution in [0.3, 0.4) is 0 Å². The predicted molar refractivity (Wildman–Crippen MR) is 211 cm³/mol. The second kappa shape index (κ2) is 26.1. The van der Waals surface area contributed by atoms with Gasteiger partial charge in [0, 0.05) is 60.8 Å². The van der Waals surface area contributed by atoms with Gasteiger partial charge in [0.2, 0.25) is 11.8 Å². The third-order valence-corrected chi connectivity index (χ3v) is 9.33. The van der Waals surface area contributed by atoms with Crippen LogP contribution in [0.2, 0.25) is 15.5 Å². The van der Waals surface area contributed by atoms with Gasteiger partial charge in [-0.25, -0.2) is 0 Å². The van der Waals surface area contributed by atoms with Crippen molar-refractivity contribution in [3.63, 3.8) is 0 Å². The molecule has 0 unspecified atom stereocenters. The van der Waals surface area contributed by atoms with Crippen LogP contribution < -0.4 is 118 Å². The van der Waals surface area contributed by atoms with Gasteiger partial charge < -0.3 is 31.6 Å². The van der Waals surface area contributed by atoms with E-state index in [1.54, 1.807) is 0 Å². The molecule has 2 aromatic heterocycles. The predicted octanol–water partition coefficient (Wildman–Crippen LogP) is -0.758. The zero-order valence-electron chi connectivity index (χ0n) is 32.4. The van der Waals surface area contributed by atoms with Crippen molar-refractivity contribution in [1.82, 2.24) is 35.5 Å². The summed E-state index contributed by atoms with van der Waals surface area (Å²) < 4.78 is 0. The first-order valence-electron chi connectivity index (χ1n) is 17.1. The van der Waals surface area contributed by atoms with Crippen molar-refractivity contribution in [2.75, 3.05) is 44.2 Å². The van der Waals surface area contributed by atoms with Gasteiger partial charge in [-0.3, -0.25) is 14.4 Å². The topological polar surface area (TPSA) is 157 Å². The van der Waals surface area contributed by atoms with Gasteiger partial charge in [0.1, 0.15) is 0 Å². The Hall–Kier alpha value is -2.17. The molecular weight excluding hydrogens is 845 g/mol. The van der Waals surface area contributed by atoms with Crippen molar-refractivity contribution in [2.45, 2.75) is 13.1 Å². The minimum absolute atomic E-state index is 0. The molecule has 2 aliphatic rings. The first-order valence-corrected chi connectivity index (χ1v) is 18.2. The van der Waals surface area contributed by atoms with Crippen molar-refractivity contribution < 1.29 is 129 Å². The molecule has 0 atom stereocenters. The van der Waals surface area contributed by atoms with Crippen molar-refractivity contribution in [3.05, 3.63) is 136 Å². The molecule has 0 bridgehead atoms. The van der Waals surface area contributed by atoms with Gasteiger partial charge in [0.25, 0.3) is 6.47 Å². The van der Waals surface area contributed by atoms with E-state index in [1.165, 1.54) is 5.56 Å². The number of piperazine rings is 2. The molecule has 2 amide bonds. The molecule has 13 nitrogen and oxygen atoms in total. The van der Waals surface area contributed by atoms with E-state index in [-0.39, 0.29) is 122 Å². The molecule has 18 heteroatoms. The summed E-state index contributed by atoms with van der Waals surface area (Å²) in [5.74, 6) is 1.00. The molecule has 4 aromatic carbocycles. The van der Waals surface area contributed by atoms with Gasteiger partial charge >= 0.3 is 103 Å². The third kappa shape index (κ3) is 14.8. The molecule has 0 aliphatic carbocycles. The van der Waals surface area contributed by atoms with Gasteiger partial charge in [-0.15, -0.1) is 20.4 Å². The van der Waals surface area contributed by atoms with Crippen LogP contribution in [0.4, 0.5) is 5.82 Å². The number of hydrogen-bond donors (Lipinski definition) is 1.